The highest BCUT2D eigenvalue weighted by atomic mass is 16.1. The van der Waals surface area contributed by atoms with Crippen LogP contribution in [0.5, 0.6) is 0 Å². The van der Waals surface area contributed by atoms with Gasteiger partial charge in [0.15, 0.2) is 5.82 Å². The molecule has 0 aliphatic heterocycles. The van der Waals surface area contributed by atoms with Crippen LogP contribution in [0.3, 0.4) is 0 Å². The Hall–Kier alpha value is -1.98. The van der Waals surface area contributed by atoms with Gasteiger partial charge in [0.25, 0.3) is 0 Å². The maximum Gasteiger partial charge on any atom is 0.203 e. The molecule has 1 aliphatic carbocycles. The lowest BCUT2D eigenvalue weighted by Crippen LogP contribution is -2.36. The summed E-state index contributed by atoms with van der Waals surface area (Å²) >= 11 is 0. The molecule has 0 atom stereocenters. The molecule has 0 saturated heterocycles. The number of fused-ring (bicyclic) bond motifs is 1. The first-order valence-electron chi connectivity index (χ1n) is 6.57. The van der Waals surface area contributed by atoms with Gasteiger partial charge in [-0.25, -0.2) is 4.98 Å². The van der Waals surface area contributed by atoms with Crippen molar-refractivity contribution in [3.63, 3.8) is 0 Å². The summed E-state index contributed by atoms with van der Waals surface area (Å²) in [5.74, 6) is 2.06. The fraction of sp³-hybridized carbons (Fsp3) is 0.538. The molecule has 0 spiro atoms. The zero-order valence-corrected chi connectivity index (χ0v) is 11.2. The summed E-state index contributed by atoms with van der Waals surface area (Å²) < 4.78 is 1.94. The molecule has 2 heterocycles. The molecule has 6 heteroatoms. The fourth-order valence-electron chi connectivity index (χ4n) is 2.66. The zero-order chi connectivity index (χ0) is 13.4. The Morgan fingerprint density at radius 3 is 2.79 bits per heavy atom. The Morgan fingerprint density at radius 2 is 2.05 bits per heavy atom. The highest BCUT2D eigenvalue weighted by Gasteiger charge is 2.24. The normalized spacial score (nSPS) is 17.1. The van der Waals surface area contributed by atoms with Crippen LogP contribution in [0.15, 0.2) is 12.4 Å². The number of Topliss-reactive ketones (excluding diaryl/α,β-unsaturated/α-hetero) is 1. The Morgan fingerprint density at radius 1 is 1.32 bits per heavy atom. The maximum absolute atomic E-state index is 11.3. The predicted octanol–water partition coefficient (Wildman–Crippen LogP) is 1.38. The Labute approximate surface area is 111 Å². The predicted molar refractivity (Wildman–Crippen MR) is 71.2 cm³/mol. The molecular formula is C13H17N5O. The molecule has 1 saturated carbocycles. The zero-order valence-electron chi connectivity index (χ0n) is 11.2. The van der Waals surface area contributed by atoms with Crippen molar-refractivity contribution >= 4 is 17.2 Å². The van der Waals surface area contributed by atoms with Crippen molar-refractivity contribution in [2.24, 2.45) is 0 Å². The summed E-state index contributed by atoms with van der Waals surface area (Å²) in [4.78, 5) is 17.9. The van der Waals surface area contributed by atoms with Gasteiger partial charge < -0.3 is 4.90 Å². The first-order chi connectivity index (χ1) is 9.16. The van der Waals surface area contributed by atoms with Crippen LogP contribution >= 0.6 is 0 Å². The first kappa shape index (κ1) is 12.1. The van der Waals surface area contributed by atoms with Crippen LogP contribution < -0.4 is 4.90 Å². The number of hydrogen-bond acceptors (Lipinski definition) is 5. The molecule has 0 radical (unpaired) electrons. The van der Waals surface area contributed by atoms with Gasteiger partial charge in [-0.1, -0.05) is 0 Å². The van der Waals surface area contributed by atoms with E-state index in [4.69, 9.17) is 0 Å². The Balaban J connectivity index is 1.93. The summed E-state index contributed by atoms with van der Waals surface area (Å²) in [6, 6.07) is 0.355. The van der Waals surface area contributed by atoms with Crippen LogP contribution in [0.1, 0.15) is 31.5 Å². The van der Waals surface area contributed by atoms with Crippen LogP contribution in [-0.4, -0.2) is 38.5 Å². The van der Waals surface area contributed by atoms with Gasteiger partial charge in [-0.15, -0.1) is 10.2 Å². The molecule has 0 unspecified atom stereocenters. The summed E-state index contributed by atoms with van der Waals surface area (Å²) in [7, 11) is 2.02. The van der Waals surface area contributed by atoms with Gasteiger partial charge in [-0.3, -0.25) is 9.20 Å². The number of carbonyl (C=O) groups excluding carboxylic acids is 1. The molecule has 2 aromatic rings. The van der Waals surface area contributed by atoms with Gasteiger partial charge in [0.2, 0.25) is 5.65 Å². The Kier molecular flexibility index (Phi) is 2.93. The van der Waals surface area contributed by atoms with Gasteiger partial charge >= 0.3 is 0 Å². The molecule has 3 rings (SSSR count). The third-order valence-electron chi connectivity index (χ3n) is 3.87. The van der Waals surface area contributed by atoms with E-state index in [2.05, 4.69) is 20.1 Å². The molecule has 6 nitrogen and oxygen atoms in total. The molecule has 100 valence electrons. The number of aromatic nitrogens is 4. The minimum absolute atomic E-state index is 0.355. The lowest BCUT2D eigenvalue weighted by atomic mass is 9.93. The van der Waals surface area contributed by atoms with Gasteiger partial charge in [0.1, 0.15) is 11.6 Å². The molecule has 0 bridgehead atoms. The van der Waals surface area contributed by atoms with Crippen LogP contribution in [0.25, 0.3) is 5.65 Å². The minimum Gasteiger partial charge on any atom is -0.354 e. The minimum atomic E-state index is 0.355. The standard InChI is InChI=1S/C13H17N5O/c1-9-15-16-13-12(14-7-8-18(9)13)17(2)10-3-5-11(19)6-4-10/h7-8,10H,3-6H2,1-2H3. The lowest BCUT2D eigenvalue weighted by molar-refractivity contribution is -0.120. The topological polar surface area (TPSA) is 63.4 Å². The number of rotatable bonds is 2. The third-order valence-corrected chi connectivity index (χ3v) is 3.87. The highest BCUT2D eigenvalue weighted by Crippen LogP contribution is 2.25. The molecular weight excluding hydrogens is 242 g/mol. The number of nitrogens with zero attached hydrogens (tertiary/aromatic N) is 5. The monoisotopic (exact) mass is 259 g/mol. The third kappa shape index (κ3) is 2.07. The fourth-order valence-corrected chi connectivity index (χ4v) is 2.66. The lowest BCUT2D eigenvalue weighted by Gasteiger charge is -2.31. The van der Waals surface area contributed by atoms with Crippen molar-refractivity contribution in [3.8, 4) is 0 Å². The van der Waals surface area contributed by atoms with E-state index >= 15 is 0 Å². The molecule has 0 aromatic carbocycles. The van der Waals surface area contributed by atoms with E-state index < -0.39 is 0 Å². The van der Waals surface area contributed by atoms with Crippen molar-refractivity contribution in [1.29, 1.82) is 0 Å². The van der Waals surface area contributed by atoms with Crippen molar-refractivity contribution in [1.82, 2.24) is 19.6 Å². The second-order valence-corrected chi connectivity index (χ2v) is 5.07. The largest absolute Gasteiger partial charge is 0.354 e. The number of anilines is 1. The van der Waals surface area contributed by atoms with Gasteiger partial charge in [0.05, 0.1) is 0 Å². The average molecular weight is 259 g/mol. The second kappa shape index (κ2) is 4.60. The maximum atomic E-state index is 11.3. The molecule has 0 amide bonds. The summed E-state index contributed by atoms with van der Waals surface area (Å²) in [5, 5.41) is 8.28. The van der Waals surface area contributed by atoms with Gasteiger partial charge in [0, 0.05) is 38.3 Å². The van der Waals surface area contributed by atoms with Gasteiger partial charge in [-0.05, 0) is 19.8 Å². The van der Waals surface area contributed by atoms with E-state index in [1.54, 1.807) is 6.20 Å². The molecule has 0 N–H and O–H groups in total. The van der Waals surface area contributed by atoms with Crippen molar-refractivity contribution < 1.29 is 4.79 Å². The van der Waals surface area contributed by atoms with Crippen LogP contribution in [-0.2, 0) is 4.79 Å². The molecule has 2 aromatic heterocycles. The van der Waals surface area contributed by atoms with E-state index in [9.17, 15) is 4.79 Å². The Bertz CT molecular complexity index is 611. The second-order valence-electron chi connectivity index (χ2n) is 5.07. The first-order valence-corrected chi connectivity index (χ1v) is 6.57. The van der Waals surface area contributed by atoms with Crippen molar-refractivity contribution in [2.75, 3.05) is 11.9 Å². The number of ketones is 1. The average Bonchev–Trinajstić information content (AvgIpc) is 2.81. The summed E-state index contributed by atoms with van der Waals surface area (Å²) in [5.41, 5.74) is 0.777. The van der Waals surface area contributed by atoms with E-state index in [1.165, 1.54) is 0 Å². The number of aryl methyl sites for hydroxylation is 1. The highest BCUT2D eigenvalue weighted by molar-refractivity contribution is 5.79. The number of carbonyl (C=O) groups is 1. The van der Waals surface area contributed by atoms with Crippen LogP contribution in [0.2, 0.25) is 0 Å². The quantitative estimate of drug-likeness (QED) is 0.815. The van der Waals surface area contributed by atoms with E-state index in [0.717, 1.165) is 30.1 Å². The number of hydrogen-bond donors (Lipinski definition) is 0. The van der Waals surface area contributed by atoms with Crippen molar-refractivity contribution in [3.05, 3.63) is 18.2 Å². The molecule has 1 aliphatic rings. The van der Waals surface area contributed by atoms with E-state index in [1.807, 2.05) is 24.6 Å². The summed E-state index contributed by atoms with van der Waals surface area (Å²) in [6.07, 6.45) is 6.76. The molecule has 19 heavy (non-hydrogen) atoms. The molecule has 1 fully saturated rings. The smallest absolute Gasteiger partial charge is 0.203 e. The summed E-state index contributed by atoms with van der Waals surface area (Å²) in [6.45, 7) is 1.92. The van der Waals surface area contributed by atoms with E-state index in [-0.39, 0.29) is 0 Å². The van der Waals surface area contributed by atoms with Crippen LogP contribution in [0, 0.1) is 6.92 Å². The van der Waals surface area contributed by atoms with E-state index in [0.29, 0.717) is 24.7 Å². The SMILES string of the molecule is Cc1nnc2c(N(C)C3CCC(=O)CC3)nccn12. The van der Waals surface area contributed by atoms with Crippen LogP contribution in [0.4, 0.5) is 5.82 Å². The van der Waals surface area contributed by atoms with Gasteiger partial charge in [-0.2, -0.15) is 0 Å². The van der Waals surface area contributed by atoms with Crippen molar-refractivity contribution in [2.45, 2.75) is 38.6 Å².